The zero-order valence-electron chi connectivity index (χ0n) is 9.44. The van der Waals surface area contributed by atoms with Crippen molar-refractivity contribution < 1.29 is 14.2 Å². The lowest BCUT2D eigenvalue weighted by atomic mass is 10.2. The third kappa shape index (κ3) is 2.87. The normalized spacial score (nSPS) is 18.4. The van der Waals surface area contributed by atoms with E-state index in [-0.39, 0.29) is 6.10 Å². The first-order chi connectivity index (χ1) is 7.90. The van der Waals surface area contributed by atoms with Crippen molar-refractivity contribution in [2.45, 2.75) is 6.10 Å². The van der Waals surface area contributed by atoms with Crippen LogP contribution in [0.25, 0.3) is 0 Å². The summed E-state index contributed by atoms with van der Waals surface area (Å²) in [5.74, 6) is 1.66. The maximum absolute atomic E-state index is 5.78. The van der Waals surface area contributed by atoms with Crippen molar-refractivity contribution in [3.63, 3.8) is 0 Å². The third-order valence-electron chi connectivity index (χ3n) is 2.42. The second kappa shape index (κ2) is 5.72. The smallest absolute Gasteiger partial charge is 0.161 e. The molecule has 1 atom stereocenters. The van der Waals surface area contributed by atoms with Gasteiger partial charge in [0.25, 0.3) is 0 Å². The Kier molecular flexibility index (Phi) is 4.02. The molecule has 0 saturated heterocycles. The molecule has 1 N–H and O–H groups in total. The van der Waals surface area contributed by atoms with Crippen LogP contribution in [0.5, 0.6) is 11.5 Å². The minimum absolute atomic E-state index is 0.0757. The van der Waals surface area contributed by atoms with Gasteiger partial charge in [-0.1, -0.05) is 12.1 Å². The van der Waals surface area contributed by atoms with E-state index in [1.54, 1.807) is 7.11 Å². The molecule has 1 unspecified atom stereocenters. The Bertz CT molecular complexity index is 330. The highest BCUT2D eigenvalue weighted by Crippen LogP contribution is 2.30. The Balaban J connectivity index is 1.79. The van der Waals surface area contributed by atoms with E-state index in [1.807, 2.05) is 24.3 Å². The van der Waals surface area contributed by atoms with E-state index in [9.17, 15) is 0 Å². The van der Waals surface area contributed by atoms with Gasteiger partial charge in [-0.15, -0.1) is 0 Å². The zero-order valence-corrected chi connectivity index (χ0v) is 9.44. The van der Waals surface area contributed by atoms with E-state index < -0.39 is 0 Å². The van der Waals surface area contributed by atoms with E-state index in [0.29, 0.717) is 13.2 Å². The number of hydrogen-bond donors (Lipinski definition) is 1. The van der Waals surface area contributed by atoms with Gasteiger partial charge in [-0.2, -0.15) is 0 Å². The van der Waals surface area contributed by atoms with Gasteiger partial charge in [0.2, 0.25) is 0 Å². The fourth-order valence-corrected chi connectivity index (χ4v) is 1.60. The van der Waals surface area contributed by atoms with Gasteiger partial charge in [0.05, 0.1) is 6.61 Å². The maximum Gasteiger partial charge on any atom is 0.161 e. The van der Waals surface area contributed by atoms with Gasteiger partial charge in [0, 0.05) is 20.2 Å². The monoisotopic (exact) mass is 223 g/mol. The zero-order chi connectivity index (χ0) is 11.2. The van der Waals surface area contributed by atoms with Gasteiger partial charge in [-0.05, 0) is 12.1 Å². The molecular formula is C12H17NO3. The number of ether oxygens (including phenoxy) is 3. The van der Waals surface area contributed by atoms with Crippen LogP contribution in [0.3, 0.4) is 0 Å². The number of hydrogen-bond acceptors (Lipinski definition) is 4. The summed E-state index contributed by atoms with van der Waals surface area (Å²) in [4.78, 5) is 0. The summed E-state index contributed by atoms with van der Waals surface area (Å²) in [6.45, 7) is 2.91. The van der Waals surface area contributed by atoms with Gasteiger partial charge in [-0.3, -0.25) is 0 Å². The lowest BCUT2D eigenvalue weighted by Gasteiger charge is -2.26. The molecule has 1 aliphatic heterocycles. The average molecular weight is 223 g/mol. The van der Waals surface area contributed by atoms with Crippen molar-refractivity contribution in [3.8, 4) is 11.5 Å². The molecule has 1 aliphatic rings. The SMILES string of the molecule is COCCNCC1COc2ccccc2O1. The molecule has 0 aromatic heterocycles. The minimum atomic E-state index is 0.0757. The Hall–Kier alpha value is -1.26. The Labute approximate surface area is 95.5 Å². The fourth-order valence-electron chi connectivity index (χ4n) is 1.60. The van der Waals surface area contributed by atoms with Crippen LogP contribution >= 0.6 is 0 Å². The van der Waals surface area contributed by atoms with Crippen LogP contribution in [0.15, 0.2) is 24.3 Å². The molecule has 1 aromatic rings. The second-order valence-corrected chi connectivity index (χ2v) is 3.69. The summed E-state index contributed by atoms with van der Waals surface area (Å²) < 4.78 is 16.3. The summed E-state index contributed by atoms with van der Waals surface area (Å²) in [6.07, 6.45) is 0.0757. The van der Waals surface area contributed by atoms with Crippen molar-refractivity contribution in [2.75, 3.05) is 33.4 Å². The van der Waals surface area contributed by atoms with Crippen LogP contribution in [-0.2, 0) is 4.74 Å². The van der Waals surface area contributed by atoms with Gasteiger partial charge in [-0.25, -0.2) is 0 Å². The standard InChI is InChI=1S/C12H17NO3/c1-14-7-6-13-8-10-9-15-11-4-2-3-5-12(11)16-10/h2-5,10,13H,6-9H2,1H3. The van der Waals surface area contributed by atoms with Crippen molar-refractivity contribution >= 4 is 0 Å². The Morgan fingerprint density at radius 1 is 1.38 bits per heavy atom. The van der Waals surface area contributed by atoms with E-state index in [1.165, 1.54) is 0 Å². The summed E-state index contributed by atoms with van der Waals surface area (Å²) >= 11 is 0. The van der Waals surface area contributed by atoms with Crippen molar-refractivity contribution in [1.29, 1.82) is 0 Å². The molecule has 4 heteroatoms. The molecule has 0 saturated carbocycles. The van der Waals surface area contributed by atoms with E-state index >= 15 is 0 Å². The Morgan fingerprint density at radius 2 is 2.19 bits per heavy atom. The highest BCUT2D eigenvalue weighted by atomic mass is 16.6. The summed E-state index contributed by atoms with van der Waals surface area (Å²) in [5.41, 5.74) is 0. The van der Waals surface area contributed by atoms with Crippen LogP contribution in [0.2, 0.25) is 0 Å². The minimum Gasteiger partial charge on any atom is -0.486 e. The van der Waals surface area contributed by atoms with Gasteiger partial charge in [0.15, 0.2) is 11.5 Å². The molecule has 0 amide bonds. The Morgan fingerprint density at radius 3 is 3.00 bits per heavy atom. The van der Waals surface area contributed by atoms with Crippen LogP contribution in [0.1, 0.15) is 0 Å². The average Bonchev–Trinajstić information content (AvgIpc) is 2.34. The highest BCUT2D eigenvalue weighted by Gasteiger charge is 2.19. The third-order valence-corrected chi connectivity index (χ3v) is 2.42. The number of nitrogens with one attached hydrogen (secondary N) is 1. The number of para-hydroxylation sites is 2. The number of rotatable bonds is 5. The van der Waals surface area contributed by atoms with Crippen molar-refractivity contribution in [3.05, 3.63) is 24.3 Å². The largest absolute Gasteiger partial charge is 0.486 e. The van der Waals surface area contributed by atoms with E-state index in [2.05, 4.69) is 5.32 Å². The van der Waals surface area contributed by atoms with Crippen LogP contribution < -0.4 is 14.8 Å². The maximum atomic E-state index is 5.78. The molecule has 88 valence electrons. The van der Waals surface area contributed by atoms with Crippen molar-refractivity contribution in [1.82, 2.24) is 5.32 Å². The van der Waals surface area contributed by atoms with Crippen molar-refractivity contribution in [2.24, 2.45) is 0 Å². The molecule has 0 radical (unpaired) electrons. The first-order valence-electron chi connectivity index (χ1n) is 5.48. The molecule has 1 aromatic carbocycles. The quantitative estimate of drug-likeness (QED) is 0.758. The van der Waals surface area contributed by atoms with Crippen LogP contribution in [0.4, 0.5) is 0 Å². The highest BCUT2D eigenvalue weighted by molar-refractivity contribution is 5.40. The lowest BCUT2D eigenvalue weighted by molar-refractivity contribution is 0.0884. The molecule has 2 rings (SSSR count). The predicted molar refractivity (Wildman–Crippen MR) is 61.1 cm³/mol. The number of methoxy groups -OCH3 is 1. The van der Waals surface area contributed by atoms with Crippen LogP contribution in [-0.4, -0.2) is 39.5 Å². The molecule has 1 heterocycles. The summed E-state index contributed by atoms with van der Waals surface area (Å²) in [7, 11) is 1.69. The molecule has 16 heavy (non-hydrogen) atoms. The summed E-state index contributed by atoms with van der Waals surface area (Å²) in [6, 6.07) is 7.74. The van der Waals surface area contributed by atoms with Crippen LogP contribution in [0, 0.1) is 0 Å². The molecule has 4 nitrogen and oxygen atoms in total. The molecular weight excluding hydrogens is 206 g/mol. The second-order valence-electron chi connectivity index (χ2n) is 3.69. The molecule has 0 fully saturated rings. The lowest BCUT2D eigenvalue weighted by Crippen LogP contribution is -2.39. The molecule has 0 spiro atoms. The van der Waals surface area contributed by atoms with Gasteiger partial charge < -0.3 is 19.5 Å². The van der Waals surface area contributed by atoms with E-state index in [4.69, 9.17) is 14.2 Å². The first-order valence-corrected chi connectivity index (χ1v) is 5.48. The number of fused-ring (bicyclic) bond motifs is 1. The predicted octanol–water partition coefficient (Wildman–Crippen LogP) is 1.06. The molecule has 0 aliphatic carbocycles. The fraction of sp³-hybridized carbons (Fsp3) is 0.500. The number of benzene rings is 1. The summed E-state index contributed by atoms with van der Waals surface area (Å²) in [5, 5.41) is 3.26. The van der Waals surface area contributed by atoms with Gasteiger partial charge >= 0.3 is 0 Å². The van der Waals surface area contributed by atoms with Gasteiger partial charge in [0.1, 0.15) is 12.7 Å². The first kappa shape index (κ1) is 11.2. The molecule has 0 bridgehead atoms. The topological polar surface area (TPSA) is 39.7 Å². The van der Waals surface area contributed by atoms with E-state index in [0.717, 1.165) is 24.6 Å².